The topological polar surface area (TPSA) is 66.5 Å². The molecule has 0 spiro atoms. The molecule has 1 aromatic rings. The molecule has 1 aromatic carbocycles. The molecule has 0 aliphatic carbocycles. The second-order valence-electron chi connectivity index (χ2n) is 4.12. The van der Waals surface area contributed by atoms with E-state index in [1.54, 1.807) is 12.1 Å². The number of nitrogens with zero attached hydrogens (tertiary/aromatic N) is 1. The number of halogens is 1. The molecule has 1 fully saturated rings. The molecule has 1 aliphatic heterocycles. The fraction of sp³-hybridized carbons (Fsp3) is 0.250. The highest BCUT2D eigenvalue weighted by Gasteiger charge is 2.38. The summed E-state index contributed by atoms with van der Waals surface area (Å²) in [6.45, 7) is 3.42. The van der Waals surface area contributed by atoms with E-state index in [-0.39, 0.29) is 0 Å². The Bertz CT molecular complexity index is 556. The van der Waals surface area contributed by atoms with Crippen LogP contribution < -0.4 is 10.2 Å². The molecule has 1 atom stereocenters. The van der Waals surface area contributed by atoms with Gasteiger partial charge in [-0.05, 0) is 54.1 Å². The Labute approximate surface area is 118 Å². The maximum atomic E-state index is 12.0. The minimum atomic E-state index is -0.846. The van der Waals surface area contributed by atoms with Crippen LogP contribution in [0.15, 0.2) is 18.2 Å². The third-order valence-electron chi connectivity index (χ3n) is 2.83. The van der Waals surface area contributed by atoms with E-state index < -0.39 is 23.8 Å². The highest BCUT2D eigenvalue weighted by atomic mass is 127. The fourth-order valence-electron chi connectivity index (χ4n) is 1.64. The van der Waals surface area contributed by atoms with Crippen LogP contribution in [0, 0.1) is 16.4 Å². The summed E-state index contributed by atoms with van der Waals surface area (Å²) in [6.07, 6.45) is 0. The van der Waals surface area contributed by atoms with E-state index in [1.165, 1.54) is 6.92 Å². The molecule has 0 radical (unpaired) electrons. The molecule has 2 rings (SSSR count). The molecule has 1 heterocycles. The summed E-state index contributed by atoms with van der Waals surface area (Å²) in [5.41, 5.74) is 1.54. The average Bonchev–Trinajstić information content (AvgIpc) is 2.31. The van der Waals surface area contributed by atoms with Gasteiger partial charge in [0.15, 0.2) is 0 Å². The van der Waals surface area contributed by atoms with Crippen LogP contribution in [0.25, 0.3) is 0 Å². The minimum Gasteiger partial charge on any atom is -0.277 e. The molecule has 4 amide bonds. The van der Waals surface area contributed by atoms with Crippen molar-refractivity contribution in [3.8, 4) is 0 Å². The van der Waals surface area contributed by atoms with E-state index in [0.717, 1.165) is 14.0 Å². The SMILES string of the molecule is Cc1ccc(N2C(=O)NC(=O)C(C)C2=O)cc1I. The smallest absolute Gasteiger partial charge is 0.277 e. The first-order valence-electron chi connectivity index (χ1n) is 5.36. The number of carbonyl (C=O) groups excluding carboxylic acids is 3. The predicted molar refractivity (Wildman–Crippen MR) is 74.1 cm³/mol. The van der Waals surface area contributed by atoms with Gasteiger partial charge in [0.05, 0.1) is 5.69 Å². The molecule has 5 nitrogen and oxygen atoms in total. The van der Waals surface area contributed by atoms with E-state index in [0.29, 0.717) is 5.69 Å². The monoisotopic (exact) mass is 358 g/mol. The van der Waals surface area contributed by atoms with Gasteiger partial charge < -0.3 is 0 Å². The van der Waals surface area contributed by atoms with Crippen molar-refractivity contribution in [1.29, 1.82) is 0 Å². The molecule has 1 unspecified atom stereocenters. The zero-order valence-corrected chi connectivity index (χ0v) is 12.0. The molecule has 6 heteroatoms. The van der Waals surface area contributed by atoms with Gasteiger partial charge in [0.2, 0.25) is 11.8 Å². The van der Waals surface area contributed by atoms with Gasteiger partial charge >= 0.3 is 6.03 Å². The highest BCUT2D eigenvalue weighted by Crippen LogP contribution is 2.24. The average molecular weight is 358 g/mol. The van der Waals surface area contributed by atoms with Crippen molar-refractivity contribution in [3.63, 3.8) is 0 Å². The van der Waals surface area contributed by atoms with Crippen molar-refractivity contribution in [1.82, 2.24) is 5.32 Å². The van der Waals surface area contributed by atoms with Crippen LogP contribution in [0.5, 0.6) is 0 Å². The molecule has 1 saturated heterocycles. The molecular weight excluding hydrogens is 347 g/mol. The second kappa shape index (κ2) is 4.68. The van der Waals surface area contributed by atoms with Crippen LogP contribution in [0.3, 0.4) is 0 Å². The standard InChI is InChI=1S/C12H11IN2O3/c1-6-3-4-8(5-9(6)13)15-11(17)7(2)10(16)14-12(15)18/h3-5,7H,1-2H3,(H,14,16,18). The van der Waals surface area contributed by atoms with E-state index >= 15 is 0 Å². The molecule has 1 N–H and O–H groups in total. The Hall–Kier alpha value is -1.44. The van der Waals surface area contributed by atoms with Gasteiger partial charge in [-0.15, -0.1) is 0 Å². The van der Waals surface area contributed by atoms with Gasteiger partial charge in [-0.3, -0.25) is 14.9 Å². The number of urea groups is 1. The summed E-state index contributed by atoms with van der Waals surface area (Å²) in [5.74, 6) is -1.90. The van der Waals surface area contributed by atoms with Gasteiger partial charge in [0.1, 0.15) is 5.92 Å². The lowest BCUT2D eigenvalue weighted by Gasteiger charge is -2.28. The van der Waals surface area contributed by atoms with Crippen LogP contribution in [0.1, 0.15) is 12.5 Å². The number of benzene rings is 1. The molecule has 0 saturated carbocycles. The Kier molecular flexibility index (Phi) is 3.38. The number of barbiturate groups is 1. The number of rotatable bonds is 1. The van der Waals surface area contributed by atoms with Gasteiger partial charge in [0, 0.05) is 3.57 Å². The van der Waals surface area contributed by atoms with Crippen molar-refractivity contribution >= 4 is 46.1 Å². The van der Waals surface area contributed by atoms with Crippen molar-refractivity contribution < 1.29 is 14.4 Å². The maximum absolute atomic E-state index is 12.0. The third kappa shape index (κ3) is 2.12. The summed E-state index contributed by atoms with van der Waals surface area (Å²) < 4.78 is 0.954. The van der Waals surface area contributed by atoms with Gasteiger partial charge in [-0.25, -0.2) is 9.69 Å². The molecular formula is C12H11IN2O3. The lowest BCUT2D eigenvalue weighted by Crippen LogP contribution is -2.57. The van der Waals surface area contributed by atoms with E-state index in [9.17, 15) is 14.4 Å². The van der Waals surface area contributed by atoms with Crippen molar-refractivity contribution in [2.24, 2.45) is 5.92 Å². The quantitative estimate of drug-likeness (QED) is 0.615. The second-order valence-corrected chi connectivity index (χ2v) is 5.29. The first kappa shape index (κ1) is 13.0. The van der Waals surface area contributed by atoms with Crippen LogP contribution in [0.4, 0.5) is 10.5 Å². The molecule has 1 aliphatic rings. The van der Waals surface area contributed by atoms with Crippen molar-refractivity contribution in [2.45, 2.75) is 13.8 Å². The zero-order valence-electron chi connectivity index (χ0n) is 9.86. The lowest BCUT2D eigenvalue weighted by atomic mass is 10.1. The number of hydrogen-bond acceptors (Lipinski definition) is 3. The zero-order chi connectivity index (χ0) is 13.4. The summed E-state index contributed by atoms with van der Waals surface area (Å²) >= 11 is 2.13. The molecule has 94 valence electrons. The van der Waals surface area contributed by atoms with Crippen LogP contribution >= 0.6 is 22.6 Å². The number of nitrogens with one attached hydrogen (secondary N) is 1. The summed E-state index contributed by atoms with van der Waals surface area (Å²) in [6, 6.07) is 4.58. The third-order valence-corrected chi connectivity index (χ3v) is 3.99. The first-order chi connectivity index (χ1) is 8.41. The Morgan fingerprint density at radius 2 is 1.94 bits per heavy atom. The predicted octanol–water partition coefficient (Wildman–Crippen LogP) is 1.82. The number of amides is 4. The van der Waals surface area contributed by atoms with E-state index in [1.807, 2.05) is 13.0 Å². The van der Waals surface area contributed by atoms with Crippen LogP contribution in [0.2, 0.25) is 0 Å². The summed E-state index contributed by atoms with van der Waals surface area (Å²) in [7, 11) is 0. The van der Waals surface area contributed by atoms with E-state index in [4.69, 9.17) is 0 Å². The maximum Gasteiger partial charge on any atom is 0.335 e. The number of hydrogen-bond donors (Lipinski definition) is 1. The van der Waals surface area contributed by atoms with Crippen LogP contribution in [-0.4, -0.2) is 17.8 Å². The molecule has 0 bridgehead atoms. The minimum absolute atomic E-state index is 0.479. The number of anilines is 1. The Morgan fingerprint density at radius 1 is 1.28 bits per heavy atom. The summed E-state index contributed by atoms with van der Waals surface area (Å²) in [4.78, 5) is 36.1. The van der Waals surface area contributed by atoms with Crippen molar-refractivity contribution in [3.05, 3.63) is 27.3 Å². The normalized spacial score (nSPS) is 20.1. The largest absolute Gasteiger partial charge is 0.335 e. The molecule has 0 aromatic heterocycles. The summed E-state index contributed by atoms with van der Waals surface area (Å²) in [5, 5.41) is 2.17. The van der Waals surface area contributed by atoms with Gasteiger partial charge in [-0.1, -0.05) is 6.07 Å². The van der Waals surface area contributed by atoms with Gasteiger partial charge in [0.25, 0.3) is 0 Å². The van der Waals surface area contributed by atoms with Crippen LogP contribution in [-0.2, 0) is 9.59 Å². The Balaban J connectivity index is 2.42. The Morgan fingerprint density at radius 3 is 2.56 bits per heavy atom. The lowest BCUT2D eigenvalue weighted by molar-refractivity contribution is -0.133. The number of aryl methyl sites for hydroxylation is 1. The van der Waals surface area contributed by atoms with Crippen molar-refractivity contribution in [2.75, 3.05) is 4.90 Å². The number of carbonyl (C=O) groups is 3. The first-order valence-corrected chi connectivity index (χ1v) is 6.44. The molecule has 18 heavy (non-hydrogen) atoms. The highest BCUT2D eigenvalue weighted by molar-refractivity contribution is 14.1. The number of imide groups is 2. The fourth-order valence-corrected chi connectivity index (χ4v) is 2.14. The van der Waals surface area contributed by atoms with E-state index in [2.05, 4.69) is 27.9 Å². The van der Waals surface area contributed by atoms with Gasteiger partial charge in [-0.2, -0.15) is 0 Å².